The molecule has 0 heterocycles. The first kappa shape index (κ1) is 18.3. The van der Waals surface area contributed by atoms with E-state index in [0.717, 1.165) is 30.6 Å². The molecule has 24 heavy (non-hydrogen) atoms. The van der Waals surface area contributed by atoms with Gasteiger partial charge in [-0.1, -0.05) is 45.5 Å². The highest BCUT2D eigenvalue weighted by atomic mass is 19.1. The van der Waals surface area contributed by atoms with Gasteiger partial charge in [0.25, 0.3) is 0 Å². The Balaban J connectivity index is 1.47. The second-order valence-corrected chi connectivity index (χ2v) is 9.52. The minimum absolute atomic E-state index is 0.00115. The third-order valence-electron chi connectivity index (χ3n) is 7.36. The molecule has 0 bridgehead atoms. The molecular weight excluding hydrogens is 295 g/mol. The van der Waals surface area contributed by atoms with E-state index in [1.165, 1.54) is 51.4 Å². The molecule has 0 N–H and O–H groups in total. The van der Waals surface area contributed by atoms with Gasteiger partial charge in [0, 0.05) is 5.92 Å². The molecule has 0 radical (unpaired) electrons. The van der Waals surface area contributed by atoms with E-state index in [4.69, 9.17) is 0 Å². The van der Waals surface area contributed by atoms with Crippen molar-refractivity contribution < 1.29 is 4.39 Å². The Morgan fingerprint density at radius 1 is 0.667 bits per heavy atom. The lowest BCUT2D eigenvalue weighted by atomic mass is 9.69. The molecule has 0 saturated heterocycles. The molecule has 3 aliphatic carbocycles. The van der Waals surface area contributed by atoms with Gasteiger partial charge < -0.3 is 0 Å². The monoisotopic (exact) mass is 332 g/mol. The molecule has 0 aliphatic heterocycles. The summed E-state index contributed by atoms with van der Waals surface area (Å²) in [5.41, 5.74) is 0. The van der Waals surface area contributed by atoms with Crippen LogP contribution in [0.15, 0.2) is 0 Å². The Kier molecular flexibility index (Phi) is 6.28. The SMILES string of the molecule is CC1CCC(C2CCC(C#CC3C(C)CC(C)CC3F)CC2)CC1. The second kappa shape index (κ2) is 8.25. The van der Waals surface area contributed by atoms with Crippen molar-refractivity contribution in [2.45, 2.75) is 91.2 Å². The number of hydrogen-bond acceptors (Lipinski definition) is 0. The summed E-state index contributed by atoms with van der Waals surface area (Å²) in [5.74, 6) is 11.3. The summed E-state index contributed by atoms with van der Waals surface area (Å²) in [5, 5.41) is 0. The van der Waals surface area contributed by atoms with Gasteiger partial charge in [-0.15, -0.1) is 0 Å². The van der Waals surface area contributed by atoms with Crippen LogP contribution in [0.25, 0.3) is 0 Å². The third kappa shape index (κ3) is 4.56. The van der Waals surface area contributed by atoms with E-state index in [1.54, 1.807) is 0 Å². The molecule has 0 nitrogen and oxygen atoms in total. The van der Waals surface area contributed by atoms with Crippen LogP contribution in [0.3, 0.4) is 0 Å². The van der Waals surface area contributed by atoms with Crippen molar-refractivity contribution in [1.82, 2.24) is 0 Å². The van der Waals surface area contributed by atoms with Crippen LogP contribution in [0.4, 0.5) is 4.39 Å². The van der Waals surface area contributed by atoms with Crippen molar-refractivity contribution in [1.29, 1.82) is 0 Å². The van der Waals surface area contributed by atoms with Crippen LogP contribution in [0.5, 0.6) is 0 Å². The van der Waals surface area contributed by atoms with E-state index < -0.39 is 6.17 Å². The van der Waals surface area contributed by atoms with E-state index in [9.17, 15) is 4.39 Å². The van der Waals surface area contributed by atoms with Crippen LogP contribution in [0.2, 0.25) is 0 Å². The molecule has 0 aromatic rings. The lowest BCUT2D eigenvalue weighted by Gasteiger charge is -2.36. The number of hydrogen-bond donors (Lipinski definition) is 0. The summed E-state index contributed by atoms with van der Waals surface area (Å²) in [6, 6.07) is 0. The molecule has 3 rings (SSSR count). The van der Waals surface area contributed by atoms with Crippen LogP contribution < -0.4 is 0 Å². The minimum Gasteiger partial charge on any atom is -0.246 e. The van der Waals surface area contributed by atoms with Gasteiger partial charge in [0.1, 0.15) is 6.17 Å². The van der Waals surface area contributed by atoms with E-state index in [1.807, 2.05) is 0 Å². The fourth-order valence-corrected chi connectivity index (χ4v) is 5.70. The van der Waals surface area contributed by atoms with Crippen LogP contribution >= 0.6 is 0 Å². The minimum atomic E-state index is -0.697. The zero-order valence-electron chi connectivity index (χ0n) is 16.1. The van der Waals surface area contributed by atoms with Gasteiger partial charge in [-0.05, 0) is 81.0 Å². The lowest BCUT2D eigenvalue weighted by molar-refractivity contribution is 0.120. The standard InChI is InChI=1S/C23H37F/c1-16-4-9-20(10-5-16)21-11-6-19(7-12-21)8-13-22-18(3)14-17(2)15-23(22)24/h16-23H,4-7,9-12,14-15H2,1-3H3. The Morgan fingerprint density at radius 3 is 1.83 bits per heavy atom. The van der Waals surface area contributed by atoms with E-state index in [0.29, 0.717) is 17.8 Å². The van der Waals surface area contributed by atoms with E-state index >= 15 is 0 Å². The molecule has 3 fully saturated rings. The molecule has 0 aromatic heterocycles. The van der Waals surface area contributed by atoms with E-state index in [-0.39, 0.29) is 5.92 Å². The first-order chi connectivity index (χ1) is 11.5. The van der Waals surface area contributed by atoms with Gasteiger partial charge in [-0.25, -0.2) is 4.39 Å². The van der Waals surface area contributed by atoms with Gasteiger partial charge in [0.15, 0.2) is 0 Å². The Morgan fingerprint density at radius 2 is 1.25 bits per heavy atom. The summed E-state index contributed by atoms with van der Waals surface area (Å²) >= 11 is 0. The third-order valence-corrected chi connectivity index (χ3v) is 7.36. The zero-order chi connectivity index (χ0) is 17.1. The van der Waals surface area contributed by atoms with Crippen molar-refractivity contribution in [2.75, 3.05) is 0 Å². The summed E-state index contributed by atoms with van der Waals surface area (Å²) in [6.45, 7) is 6.79. The Bertz CT molecular complexity index is 430. The highest BCUT2D eigenvalue weighted by Crippen LogP contribution is 2.41. The Hall–Kier alpha value is -0.510. The molecule has 3 saturated carbocycles. The highest BCUT2D eigenvalue weighted by molar-refractivity contribution is 5.12. The predicted molar refractivity (Wildman–Crippen MR) is 100 cm³/mol. The lowest BCUT2D eigenvalue weighted by Crippen LogP contribution is -2.31. The van der Waals surface area contributed by atoms with Crippen molar-refractivity contribution in [3.63, 3.8) is 0 Å². The summed E-state index contributed by atoms with van der Waals surface area (Å²) in [6.07, 6.45) is 12.2. The largest absolute Gasteiger partial charge is 0.246 e. The van der Waals surface area contributed by atoms with Gasteiger partial charge in [-0.3, -0.25) is 0 Å². The van der Waals surface area contributed by atoms with Gasteiger partial charge in [0.05, 0.1) is 5.92 Å². The Labute approximate surface area is 149 Å². The number of alkyl halides is 1. The normalized spacial score (nSPS) is 46.8. The van der Waals surface area contributed by atoms with Crippen LogP contribution in [0, 0.1) is 53.3 Å². The number of rotatable bonds is 1. The fourth-order valence-electron chi connectivity index (χ4n) is 5.70. The smallest absolute Gasteiger partial charge is 0.114 e. The van der Waals surface area contributed by atoms with Gasteiger partial charge in [0.2, 0.25) is 0 Å². The van der Waals surface area contributed by atoms with Crippen LogP contribution in [0.1, 0.15) is 85.0 Å². The fraction of sp³-hybridized carbons (Fsp3) is 0.913. The molecular formula is C23H37F. The molecule has 3 aliphatic rings. The van der Waals surface area contributed by atoms with Crippen molar-refractivity contribution in [3.05, 3.63) is 0 Å². The summed E-state index contributed by atoms with van der Waals surface area (Å²) in [4.78, 5) is 0. The topological polar surface area (TPSA) is 0 Å². The maximum Gasteiger partial charge on any atom is 0.114 e. The summed E-state index contributed by atoms with van der Waals surface area (Å²) in [7, 11) is 0. The van der Waals surface area contributed by atoms with Gasteiger partial charge >= 0.3 is 0 Å². The maximum absolute atomic E-state index is 14.3. The van der Waals surface area contributed by atoms with Crippen molar-refractivity contribution in [3.8, 4) is 11.8 Å². The molecule has 0 aromatic carbocycles. The zero-order valence-corrected chi connectivity index (χ0v) is 16.1. The number of halogens is 1. The summed E-state index contributed by atoms with van der Waals surface area (Å²) < 4.78 is 14.3. The molecule has 1 heteroatoms. The van der Waals surface area contributed by atoms with Gasteiger partial charge in [-0.2, -0.15) is 0 Å². The van der Waals surface area contributed by atoms with Crippen LogP contribution in [-0.4, -0.2) is 6.17 Å². The molecule has 4 atom stereocenters. The highest BCUT2D eigenvalue weighted by Gasteiger charge is 2.33. The molecule has 136 valence electrons. The average molecular weight is 333 g/mol. The van der Waals surface area contributed by atoms with Crippen LogP contribution in [-0.2, 0) is 0 Å². The van der Waals surface area contributed by atoms with Crippen molar-refractivity contribution in [2.24, 2.45) is 41.4 Å². The predicted octanol–water partition coefficient (Wildman–Crippen LogP) is 6.64. The second-order valence-electron chi connectivity index (χ2n) is 9.52. The molecule has 4 unspecified atom stereocenters. The van der Waals surface area contributed by atoms with Crippen molar-refractivity contribution >= 4 is 0 Å². The quantitative estimate of drug-likeness (QED) is 0.472. The first-order valence-corrected chi connectivity index (χ1v) is 10.7. The first-order valence-electron chi connectivity index (χ1n) is 10.7. The van der Waals surface area contributed by atoms with E-state index in [2.05, 4.69) is 32.6 Å². The maximum atomic E-state index is 14.3. The molecule has 0 amide bonds. The molecule has 0 spiro atoms. The average Bonchev–Trinajstić information content (AvgIpc) is 2.55.